The van der Waals surface area contributed by atoms with Crippen molar-refractivity contribution in [1.82, 2.24) is 9.55 Å². The van der Waals surface area contributed by atoms with Crippen LogP contribution in [0.2, 0.25) is 0 Å². The Morgan fingerprint density at radius 3 is 2.32 bits per heavy atom. The summed E-state index contributed by atoms with van der Waals surface area (Å²) in [4.78, 5) is 5.43. The van der Waals surface area contributed by atoms with E-state index in [1.54, 1.807) is 32.2 Å². The second kappa shape index (κ2) is 10.3. The summed E-state index contributed by atoms with van der Waals surface area (Å²) in [7, 11) is -1.57. The average molecular weight is 517 g/mol. The van der Waals surface area contributed by atoms with E-state index in [0.717, 1.165) is 39.5 Å². The molecule has 0 saturated heterocycles. The van der Waals surface area contributed by atoms with E-state index in [4.69, 9.17) is 9.72 Å². The Hall–Kier alpha value is -3.22. The molecular weight excluding hydrogens is 480 g/mol. The van der Waals surface area contributed by atoms with Crippen LogP contribution in [-0.4, -0.2) is 30.8 Å². The lowest BCUT2D eigenvalue weighted by atomic mass is 9.98. The molecule has 37 heavy (non-hydrogen) atoms. The Labute approximate surface area is 221 Å². The van der Waals surface area contributed by atoms with Crippen LogP contribution in [0.15, 0.2) is 77.8 Å². The average Bonchev–Trinajstić information content (AvgIpc) is 3.34. The van der Waals surface area contributed by atoms with E-state index in [1.165, 1.54) is 5.56 Å². The Balaban J connectivity index is 1.87. The summed E-state index contributed by atoms with van der Waals surface area (Å²) in [6.45, 7) is 12.2. The van der Waals surface area contributed by atoms with E-state index < -0.39 is 15.4 Å². The van der Waals surface area contributed by atoms with Gasteiger partial charge < -0.3 is 4.74 Å². The molecule has 4 rings (SSSR count). The zero-order valence-corrected chi connectivity index (χ0v) is 23.6. The standard InChI is InChI=1S/C31H36N2O3S/c1-8-37(34,35)25-13-11-12-23(19-25)24-16-17-27(22(4)18-24)30-32-29(31(5,6)36-7)20-33(30)28-15-10-9-14-26(28)21(2)3/h9-21H,8H2,1-7H3. The van der Waals surface area contributed by atoms with Gasteiger partial charge in [0.2, 0.25) is 0 Å². The Morgan fingerprint density at radius 1 is 0.973 bits per heavy atom. The molecule has 0 atom stereocenters. The molecular formula is C31H36N2O3S. The summed E-state index contributed by atoms with van der Waals surface area (Å²) in [6, 6.07) is 21.8. The van der Waals surface area contributed by atoms with E-state index in [9.17, 15) is 8.42 Å². The summed E-state index contributed by atoms with van der Waals surface area (Å²) in [6.07, 6.45) is 2.08. The first-order valence-corrected chi connectivity index (χ1v) is 14.3. The van der Waals surface area contributed by atoms with E-state index in [2.05, 4.69) is 67.9 Å². The number of hydrogen-bond donors (Lipinski definition) is 0. The van der Waals surface area contributed by atoms with Gasteiger partial charge in [-0.3, -0.25) is 4.57 Å². The molecule has 0 spiro atoms. The number of rotatable bonds is 8. The maximum Gasteiger partial charge on any atom is 0.178 e. The van der Waals surface area contributed by atoms with Crippen LogP contribution >= 0.6 is 0 Å². The molecule has 5 nitrogen and oxygen atoms in total. The molecule has 0 N–H and O–H groups in total. The maximum absolute atomic E-state index is 12.4. The highest BCUT2D eigenvalue weighted by atomic mass is 32.2. The number of hydrogen-bond acceptors (Lipinski definition) is 4. The van der Waals surface area contributed by atoms with Crippen LogP contribution in [0.5, 0.6) is 0 Å². The highest BCUT2D eigenvalue weighted by Crippen LogP contribution is 2.35. The van der Waals surface area contributed by atoms with Gasteiger partial charge in [0.1, 0.15) is 11.4 Å². The highest BCUT2D eigenvalue weighted by molar-refractivity contribution is 7.91. The molecule has 0 aliphatic rings. The largest absolute Gasteiger partial charge is 0.372 e. The number of ether oxygens (including phenoxy) is 1. The third kappa shape index (κ3) is 5.27. The highest BCUT2D eigenvalue weighted by Gasteiger charge is 2.27. The van der Waals surface area contributed by atoms with Gasteiger partial charge in [0.05, 0.1) is 22.0 Å². The van der Waals surface area contributed by atoms with Crippen molar-refractivity contribution in [2.75, 3.05) is 12.9 Å². The van der Waals surface area contributed by atoms with Crippen LogP contribution in [0.1, 0.15) is 57.4 Å². The third-order valence-corrected chi connectivity index (χ3v) is 8.76. The molecule has 194 valence electrons. The summed E-state index contributed by atoms with van der Waals surface area (Å²) in [5.74, 6) is 1.27. The summed E-state index contributed by atoms with van der Waals surface area (Å²) in [5, 5.41) is 0. The van der Waals surface area contributed by atoms with E-state index in [-0.39, 0.29) is 5.75 Å². The summed E-state index contributed by atoms with van der Waals surface area (Å²) >= 11 is 0. The molecule has 0 fully saturated rings. The zero-order chi connectivity index (χ0) is 27.0. The lowest BCUT2D eigenvalue weighted by Crippen LogP contribution is -2.19. The van der Waals surface area contributed by atoms with Crippen LogP contribution in [0.25, 0.3) is 28.2 Å². The molecule has 0 aliphatic heterocycles. The topological polar surface area (TPSA) is 61.2 Å². The van der Waals surface area contributed by atoms with Crippen molar-refractivity contribution in [1.29, 1.82) is 0 Å². The number of methoxy groups -OCH3 is 1. The minimum atomic E-state index is -3.28. The molecule has 0 aliphatic carbocycles. The van der Waals surface area contributed by atoms with Crippen molar-refractivity contribution in [3.63, 3.8) is 0 Å². The number of benzene rings is 3. The van der Waals surface area contributed by atoms with E-state index in [1.807, 2.05) is 26.0 Å². The molecule has 0 amide bonds. The maximum atomic E-state index is 12.4. The third-order valence-electron chi connectivity index (χ3n) is 7.03. The van der Waals surface area contributed by atoms with Crippen molar-refractivity contribution in [3.8, 4) is 28.2 Å². The van der Waals surface area contributed by atoms with Gasteiger partial charge in [-0.05, 0) is 67.1 Å². The minimum Gasteiger partial charge on any atom is -0.372 e. The monoisotopic (exact) mass is 516 g/mol. The summed E-state index contributed by atoms with van der Waals surface area (Å²) in [5.41, 5.74) is 6.54. The first-order valence-electron chi connectivity index (χ1n) is 12.7. The predicted molar refractivity (Wildman–Crippen MR) is 151 cm³/mol. The number of sulfone groups is 1. The van der Waals surface area contributed by atoms with E-state index in [0.29, 0.717) is 10.8 Å². The smallest absolute Gasteiger partial charge is 0.178 e. The van der Waals surface area contributed by atoms with Crippen molar-refractivity contribution >= 4 is 9.84 Å². The van der Waals surface area contributed by atoms with Crippen LogP contribution < -0.4 is 0 Å². The van der Waals surface area contributed by atoms with Crippen LogP contribution in [-0.2, 0) is 20.2 Å². The second-order valence-corrected chi connectivity index (χ2v) is 12.5. The van der Waals surface area contributed by atoms with Crippen LogP contribution in [0.4, 0.5) is 0 Å². The molecule has 0 saturated carbocycles. The normalized spacial score (nSPS) is 12.3. The molecule has 0 unspecified atom stereocenters. The van der Waals surface area contributed by atoms with Gasteiger partial charge in [0, 0.05) is 18.9 Å². The molecule has 4 aromatic rings. The van der Waals surface area contributed by atoms with Gasteiger partial charge in [0.15, 0.2) is 9.84 Å². The lowest BCUT2D eigenvalue weighted by molar-refractivity contribution is 0.0158. The van der Waals surface area contributed by atoms with Crippen molar-refractivity contribution < 1.29 is 13.2 Å². The number of para-hydroxylation sites is 1. The Kier molecular flexibility index (Phi) is 7.45. The predicted octanol–water partition coefficient (Wildman–Crippen LogP) is 7.31. The number of aryl methyl sites for hydroxylation is 1. The fraction of sp³-hybridized carbons (Fsp3) is 0.323. The first kappa shape index (κ1) is 26.8. The molecule has 1 heterocycles. The lowest BCUT2D eigenvalue weighted by Gasteiger charge is -2.20. The molecule has 6 heteroatoms. The SMILES string of the molecule is CCS(=O)(=O)c1cccc(-c2ccc(-c3nc(C(C)(C)OC)cn3-c3ccccc3C(C)C)c(C)c2)c1. The van der Waals surface area contributed by atoms with Crippen LogP contribution in [0.3, 0.4) is 0 Å². The number of aromatic nitrogens is 2. The minimum absolute atomic E-state index is 0.0785. The van der Waals surface area contributed by atoms with Gasteiger partial charge >= 0.3 is 0 Å². The molecule has 3 aromatic carbocycles. The Bertz CT molecular complexity index is 1530. The second-order valence-electron chi connectivity index (χ2n) is 10.2. The van der Waals surface area contributed by atoms with E-state index >= 15 is 0 Å². The molecule has 0 bridgehead atoms. The zero-order valence-electron chi connectivity index (χ0n) is 22.7. The van der Waals surface area contributed by atoms with Crippen molar-refractivity contribution in [2.45, 2.75) is 58.0 Å². The van der Waals surface area contributed by atoms with Gasteiger partial charge in [-0.1, -0.05) is 69.3 Å². The van der Waals surface area contributed by atoms with Crippen LogP contribution in [0, 0.1) is 6.92 Å². The van der Waals surface area contributed by atoms with Crippen molar-refractivity contribution in [2.24, 2.45) is 0 Å². The fourth-order valence-corrected chi connectivity index (χ4v) is 5.40. The first-order chi connectivity index (χ1) is 17.5. The van der Waals surface area contributed by atoms with Crippen molar-refractivity contribution in [3.05, 3.63) is 89.7 Å². The van der Waals surface area contributed by atoms with Gasteiger partial charge in [0.25, 0.3) is 0 Å². The van der Waals surface area contributed by atoms with Gasteiger partial charge in [-0.25, -0.2) is 13.4 Å². The number of nitrogens with zero attached hydrogens (tertiary/aromatic N) is 2. The Morgan fingerprint density at radius 2 is 1.68 bits per heavy atom. The van der Waals surface area contributed by atoms with Gasteiger partial charge in [-0.2, -0.15) is 0 Å². The quantitative estimate of drug-likeness (QED) is 0.246. The fourth-order valence-electron chi connectivity index (χ4n) is 4.47. The molecule has 1 aromatic heterocycles. The van der Waals surface area contributed by atoms with Gasteiger partial charge in [-0.15, -0.1) is 0 Å². The summed E-state index contributed by atoms with van der Waals surface area (Å²) < 4.78 is 32.8. The molecule has 0 radical (unpaired) electrons. The number of imidazole rings is 1.